The van der Waals surface area contributed by atoms with Crippen molar-refractivity contribution in [2.45, 2.75) is 59.3 Å². The van der Waals surface area contributed by atoms with Gasteiger partial charge in [-0.05, 0) is 43.3 Å². The van der Waals surface area contributed by atoms with Crippen molar-refractivity contribution < 1.29 is 0 Å². The lowest BCUT2D eigenvalue weighted by atomic mass is 10.2. The molecule has 0 radical (unpaired) electrons. The number of hydrogen-bond acceptors (Lipinski definition) is 0. The molecule has 0 aliphatic heterocycles. The lowest BCUT2D eigenvalue weighted by molar-refractivity contribution is 0.847. The molecule has 0 aliphatic rings. The zero-order valence-electron chi connectivity index (χ0n) is 14.9. The second-order valence-corrected chi connectivity index (χ2v) is 8.20. The quantitative estimate of drug-likeness (QED) is 0.383. The largest absolute Gasteiger partial charge is 0.147 e. The average molecular weight is 343 g/mol. The SMILES string of the molecule is C=Cc1ccccc1.CCCCP(CCCC)CCCC.Cl. The summed E-state index contributed by atoms with van der Waals surface area (Å²) in [5.41, 5.74) is 1.17. The van der Waals surface area contributed by atoms with Crippen molar-refractivity contribution in [1.29, 1.82) is 0 Å². The third-order valence-corrected chi connectivity index (χ3v) is 6.37. The van der Waals surface area contributed by atoms with Crippen LogP contribution < -0.4 is 0 Å². The molecule has 1 aromatic rings. The van der Waals surface area contributed by atoms with Gasteiger partial charge in [0.15, 0.2) is 0 Å². The van der Waals surface area contributed by atoms with Gasteiger partial charge in [0, 0.05) is 0 Å². The van der Waals surface area contributed by atoms with Gasteiger partial charge in [0.1, 0.15) is 0 Å². The molecule has 22 heavy (non-hydrogen) atoms. The van der Waals surface area contributed by atoms with Crippen LogP contribution in [0, 0.1) is 0 Å². The van der Waals surface area contributed by atoms with E-state index in [1.54, 1.807) is 18.5 Å². The summed E-state index contributed by atoms with van der Waals surface area (Å²) in [6.45, 7) is 10.6. The van der Waals surface area contributed by atoms with Gasteiger partial charge in [0.05, 0.1) is 0 Å². The van der Waals surface area contributed by atoms with Crippen LogP contribution in [0.5, 0.6) is 0 Å². The van der Waals surface area contributed by atoms with Crippen molar-refractivity contribution in [3.8, 4) is 0 Å². The highest BCUT2D eigenvalue weighted by Gasteiger charge is 2.05. The molecule has 1 rings (SSSR count). The average Bonchev–Trinajstić information content (AvgIpc) is 2.55. The molecule has 0 aromatic heterocycles. The molecule has 0 saturated carbocycles. The third kappa shape index (κ3) is 14.6. The predicted octanol–water partition coefficient (Wildman–Crippen LogP) is 7.62. The fourth-order valence-electron chi connectivity index (χ4n) is 2.07. The topological polar surface area (TPSA) is 0 Å². The predicted molar refractivity (Wildman–Crippen MR) is 110 cm³/mol. The monoisotopic (exact) mass is 342 g/mol. The van der Waals surface area contributed by atoms with Crippen LogP contribution >= 0.6 is 20.3 Å². The zero-order valence-corrected chi connectivity index (χ0v) is 16.6. The minimum atomic E-state index is 0. The third-order valence-electron chi connectivity index (χ3n) is 3.52. The highest BCUT2D eigenvalue weighted by Crippen LogP contribution is 2.38. The zero-order chi connectivity index (χ0) is 15.8. The van der Waals surface area contributed by atoms with Crippen molar-refractivity contribution in [2.24, 2.45) is 0 Å². The number of rotatable bonds is 10. The Morgan fingerprint density at radius 2 is 1.23 bits per heavy atom. The van der Waals surface area contributed by atoms with Gasteiger partial charge in [-0.15, -0.1) is 20.3 Å². The number of unbranched alkanes of at least 4 members (excludes halogenated alkanes) is 3. The Bertz CT molecular complexity index is 305. The summed E-state index contributed by atoms with van der Waals surface area (Å²) in [7, 11) is 0.422. The highest BCUT2D eigenvalue weighted by atomic mass is 35.5. The molecule has 0 bridgehead atoms. The number of halogens is 1. The fourth-order valence-corrected chi connectivity index (χ4v) is 5.03. The molecule has 0 fully saturated rings. The van der Waals surface area contributed by atoms with Gasteiger partial charge in [-0.2, -0.15) is 0 Å². The Morgan fingerprint density at radius 1 is 0.818 bits per heavy atom. The molecular weight excluding hydrogens is 307 g/mol. The molecule has 0 amide bonds. The van der Waals surface area contributed by atoms with Gasteiger partial charge in [-0.3, -0.25) is 0 Å². The summed E-state index contributed by atoms with van der Waals surface area (Å²) in [5.74, 6) is 0. The summed E-state index contributed by atoms with van der Waals surface area (Å²) in [6, 6.07) is 10.0. The molecule has 0 saturated heterocycles. The Kier molecular flexibility index (Phi) is 20.4. The second kappa shape index (κ2) is 18.7. The highest BCUT2D eigenvalue weighted by molar-refractivity contribution is 7.57. The molecule has 128 valence electrons. The molecule has 2 heteroatoms. The maximum absolute atomic E-state index is 3.63. The lowest BCUT2D eigenvalue weighted by Gasteiger charge is -2.16. The molecule has 0 aliphatic carbocycles. The van der Waals surface area contributed by atoms with Crippen LogP contribution in [0.25, 0.3) is 6.08 Å². The van der Waals surface area contributed by atoms with Crippen LogP contribution in [-0.4, -0.2) is 18.5 Å². The fraction of sp³-hybridized carbons (Fsp3) is 0.600. The van der Waals surface area contributed by atoms with Gasteiger partial charge in [0.25, 0.3) is 0 Å². The van der Waals surface area contributed by atoms with Crippen molar-refractivity contribution in [3.05, 3.63) is 42.5 Å². The van der Waals surface area contributed by atoms with Gasteiger partial charge in [0.2, 0.25) is 0 Å². The lowest BCUT2D eigenvalue weighted by Crippen LogP contribution is -1.95. The molecule has 0 atom stereocenters. The maximum atomic E-state index is 3.63. The molecule has 0 unspecified atom stereocenters. The summed E-state index contributed by atoms with van der Waals surface area (Å²) < 4.78 is 0. The first-order chi connectivity index (χ1) is 10.3. The maximum Gasteiger partial charge on any atom is -0.0263 e. The first kappa shape index (κ1) is 23.9. The Balaban J connectivity index is 0. The van der Waals surface area contributed by atoms with E-state index in [1.165, 1.54) is 44.1 Å². The first-order valence-corrected chi connectivity index (χ1v) is 10.6. The van der Waals surface area contributed by atoms with Crippen molar-refractivity contribution in [1.82, 2.24) is 0 Å². The van der Waals surface area contributed by atoms with Gasteiger partial charge >= 0.3 is 0 Å². The Morgan fingerprint density at radius 3 is 1.50 bits per heavy atom. The minimum absolute atomic E-state index is 0. The summed E-state index contributed by atoms with van der Waals surface area (Å²) in [6.07, 6.45) is 15.0. The van der Waals surface area contributed by atoms with Gasteiger partial charge < -0.3 is 0 Å². The summed E-state index contributed by atoms with van der Waals surface area (Å²) in [5, 5.41) is 0. The standard InChI is InChI=1S/C12H27P.C8H8.ClH/c1-4-7-10-13(11-8-5-2)12-9-6-3;1-2-8-6-4-3-5-7-8;/h4-12H2,1-3H3;2-7H,1H2;1H. The van der Waals surface area contributed by atoms with Crippen LogP contribution in [0.2, 0.25) is 0 Å². The van der Waals surface area contributed by atoms with E-state index in [4.69, 9.17) is 0 Å². The molecule has 1 aromatic carbocycles. The van der Waals surface area contributed by atoms with Crippen LogP contribution in [0.1, 0.15) is 64.9 Å². The van der Waals surface area contributed by atoms with E-state index in [-0.39, 0.29) is 12.4 Å². The van der Waals surface area contributed by atoms with Crippen LogP contribution in [0.15, 0.2) is 36.9 Å². The summed E-state index contributed by atoms with van der Waals surface area (Å²) >= 11 is 0. The Hall–Kier alpha value is -0.320. The minimum Gasteiger partial charge on any atom is -0.147 e. The van der Waals surface area contributed by atoms with E-state index in [0.29, 0.717) is 7.92 Å². The molecule has 0 spiro atoms. The first-order valence-electron chi connectivity index (χ1n) is 8.68. The van der Waals surface area contributed by atoms with E-state index in [1.807, 2.05) is 36.4 Å². The number of hydrogen-bond donors (Lipinski definition) is 0. The Labute approximate surface area is 147 Å². The smallest absolute Gasteiger partial charge is 0.0263 e. The number of benzene rings is 1. The molecule has 0 heterocycles. The van der Waals surface area contributed by atoms with E-state index in [9.17, 15) is 0 Å². The molecule has 0 N–H and O–H groups in total. The van der Waals surface area contributed by atoms with Crippen LogP contribution in [0.4, 0.5) is 0 Å². The van der Waals surface area contributed by atoms with Crippen molar-refractivity contribution >= 4 is 26.4 Å². The summed E-state index contributed by atoms with van der Waals surface area (Å²) in [4.78, 5) is 0. The van der Waals surface area contributed by atoms with E-state index in [0.717, 1.165) is 0 Å². The van der Waals surface area contributed by atoms with Crippen LogP contribution in [-0.2, 0) is 0 Å². The normalized spacial score (nSPS) is 9.64. The van der Waals surface area contributed by atoms with Crippen molar-refractivity contribution in [3.63, 3.8) is 0 Å². The van der Waals surface area contributed by atoms with Gasteiger partial charge in [-0.25, -0.2) is 0 Å². The van der Waals surface area contributed by atoms with Gasteiger partial charge in [-0.1, -0.05) is 83.0 Å². The van der Waals surface area contributed by atoms with Crippen LogP contribution in [0.3, 0.4) is 0 Å². The van der Waals surface area contributed by atoms with Crippen molar-refractivity contribution in [2.75, 3.05) is 18.5 Å². The molecular formula is C20H36ClP. The van der Waals surface area contributed by atoms with E-state index < -0.39 is 0 Å². The van der Waals surface area contributed by atoms with E-state index >= 15 is 0 Å². The second-order valence-electron chi connectivity index (χ2n) is 5.52. The van der Waals surface area contributed by atoms with E-state index in [2.05, 4.69) is 27.4 Å². The molecule has 0 nitrogen and oxygen atoms in total.